The van der Waals surface area contributed by atoms with Gasteiger partial charge in [-0.15, -0.1) is 0 Å². The van der Waals surface area contributed by atoms with Crippen LogP contribution < -0.4 is 0 Å². The van der Waals surface area contributed by atoms with E-state index in [0.717, 1.165) is 17.6 Å². The van der Waals surface area contributed by atoms with Gasteiger partial charge in [-0.3, -0.25) is 0 Å². The maximum atomic E-state index is 10.2. The molecule has 0 radical (unpaired) electrons. The Morgan fingerprint density at radius 1 is 1.10 bits per heavy atom. The minimum Gasteiger partial charge on any atom is -0.393 e. The van der Waals surface area contributed by atoms with Crippen molar-refractivity contribution in [2.75, 3.05) is 0 Å². The van der Waals surface area contributed by atoms with Gasteiger partial charge in [0.1, 0.15) is 0 Å². The van der Waals surface area contributed by atoms with Crippen LogP contribution in [0.4, 0.5) is 0 Å². The number of hydrogen-bond donors (Lipinski definition) is 3. The number of aliphatic hydroxyl groups is 3. The van der Waals surface area contributed by atoms with Gasteiger partial charge in [0.05, 0.1) is 18.3 Å². The van der Waals surface area contributed by atoms with Crippen molar-refractivity contribution in [2.24, 2.45) is 29.1 Å². The number of fused-ring (bicyclic) bond motifs is 1. The van der Waals surface area contributed by atoms with E-state index >= 15 is 0 Å². The average Bonchev–Trinajstić information content (AvgIpc) is 3.49. The molecule has 4 aliphatic carbocycles. The largest absolute Gasteiger partial charge is 0.393 e. The van der Waals surface area contributed by atoms with E-state index in [1.54, 1.807) is 0 Å². The normalized spacial score (nSPS) is 42.1. The summed E-state index contributed by atoms with van der Waals surface area (Å²) in [6.45, 7) is 8.88. The lowest BCUT2D eigenvalue weighted by molar-refractivity contribution is 0.0862. The summed E-state index contributed by atoms with van der Waals surface area (Å²) in [6.07, 6.45) is 16.9. The van der Waals surface area contributed by atoms with Crippen LogP contribution in [0.25, 0.3) is 0 Å². The molecular weight excluding hydrogens is 372 g/mol. The van der Waals surface area contributed by atoms with Gasteiger partial charge in [-0.25, -0.2) is 0 Å². The maximum absolute atomic E-state index is 10.2. The van der Waals surface area contributed by atoms with Crippen molar-refractivity contribution in [3.05, 3.63) is 47.6 Å². The molecule has 4 aliphatic rings. The summed E-state index contributed by atoms with van der Waals surface area (Å²) in [6, 6.07) is 0. The first-order chi connectivity index (χ1) is 14.3. The Labute approximate surface area is 182 Å². The summed E-state index contributed by atoms with van der Waals surface area (Å²) in [7, 11) is 0. The van der Waals surface area contributed by atoms with E-state index in [1.165, 1.54) is 44.1 Å². The quantitative estimate of drug-likeness (QED) is 0.551. The number of rotatable bonds is 5. The van der Waals surface area contributed by atoms with Gasteiger partial charge in [0, 0.05) is 6.42 Å². The Morgan fingerprint density at radius 3 is 2.60 bits per heavy atom. The van der Waals surface area contributed by atoms with Crippen molar-refractivity contribution in [1.29, 1.82) is 0 Å². The summed E-state index contributed by atoms with van der Waals surface area (Å²) >= 11 is 0. The van der Waals surface area contributed by atoms with Crippen molar-refractivity contribution in [2.45, 2.75) is 89.9 Å². The molecule has 0 bridgehead atoms. The van der Waals surface area contributed by atoms with Gasteiger partial charge in [0.25, 0.3) is 0 Å². The first kappa shape index (κ1) is 22.0. The summed E-state index contributed by atoms with van der Waals surface area (Å²) in [5.74, 6) is 2.28. The molecule has 4 fully saturated rings. The molecule has 30 heavy (non-hydrogen) atoms. The molecule has 0 amide bonds. The molecule has 0 spiro atoms. The van der Waals surface area contributed by atoms with Gasteiger partial charge in [0.2, 0.25) is 0 Å². The first-order valence-electron chi connectivity index (χ1n) is 12.1. The fraction of sp³-hybridized carbons (Fsp3) is 0.704. The molecule has 2 unspecified atom stereocenters. The first-order valence-corrected chi connectivity index (χ1v) is 12.1. The molecular formula is C27H40O3. The van der Waals surface area contributed by atoms with Gasteiger partial charge in [-0.2, -0.15) is 0 Å². The summed E-state index contributed by atoms with van der Waals surface area (Å²) in [5.41, 5.74) is 3.63. The lowest BCUT2D eigenvalue weighted by atomic mass is 9.61. The molecule has 0 aliphatic heterocycles. The van der Waals surface area contributed by atoms with E-state index in [4.69, 9.17) is 0 Å². The zero-order valence-electron chi connectivity index (χ0n) is 18.8. The zero-order valence-corrected chi connectivity index (χ0v) is 18.8. The Morgan fingerprint density at radius 2 is 1.87 bits per heavy atom. The van der Waals surface area contributed by atoms with E-state index in [9.17, 15) is 15.3 Å². The Bertz CT molecular complexity index is 743. The molecule has 0 saturated heterocycles. The van der Waals surface area contributed by atoms with Crippen LogP contribution in [0, 0.1) is 29.1 Å². The topological polar surface area (TPSA) is 60.7 Å². The minimum absolute atomic E-state index is 0.250. The highest BCUT2D eigenvalue weighted by Crippen LogP contribution is 2.59. The fourth-order valence-corrected chi connectivity index (χ4v) is 6.63. The third-order valence-corrected chi connectivity index (χ3v) is 8.65. The monoisotopic (exact) mass is 412 g/mol. The highest BCUT2D eigenvalue weighted by molar-refractivity contribution is 5.38. The standard InChI is InChI=1S/C27H40O3/c1-17(6-13-25(29)20-8-9-20)23-11-12-24-19(5-4-14-27(23,24)3)7-10-21-15-22(28)16-26(30)18(21)2/h6-7,10,13,17,20,22-26,28-30H,2,4-5,8-9,11-12,14-16H2,1,3H3/b13-6+,19-7+,21-10-/t17-,22-,23?,24?,25+,26+,27-/m1/s1. The van der Waals surface area contributed by atoms with Crippen LogP contribution in [-0.4, -0.2) is 33.6 Å². The summed E-state index contributed by atoms with van der Waals surface area (Å²) in [4.78, 5) is 0. The van der Waals surface area contributed by atoms with Crippen molar-refractivity contribution < 1.29 is 15.3 Å². The molecule has 4 rings (SSSR count). The van der Waals surface area contributed by atoms with Crippen LogP contribution in [0.5, 0.6) is 0 Å². The van der Waals surface area contributed by atoms with Crippen LogP contribution in [-0.2, 0) is 0 Å². The molecule has 166 valence electrons. The lowest BCUT2D eigenvalue weighted by Gasteiger charge is -2.44. The second-order valence-corrected chi connectivity index (χ2v) is 10.7. The molecule has 3 heteroatoms. The molecule has 3 N–H and O–H groups in total. The molecule has 0 aromatic heterocycles. The highest BCUT2D eigenvalue weighted by atomic mass is 16.3. The number of hydrogen-bond acceptors (Lipinski definition) is 3. The predicted octanol–water partition coefficient (Wildman–Crippen LogP) is 5.09. The van der Waals surface area contributed by atoms with Gasteiger partial charge in [-0.05, 0) is 91.6 Å². The molecule has 0 aromatic rings. The van der Waals surface area contributed by atoms with Gasteiger partial charge >= 0.3 is 0 Å². The maximum Gasteiger partial charge on any atom is 0.0811 e. The Hall–Kier alpha value is -1.16. The predicted molar refractivity (Wildman–Crippen MR) is 122 cm³/mol. The third kappa shape index (κ3) is 4.40. The molecule has 3 nitrogen and oxygen atoms in total. The van der Waals surface area contributed by atoms with Crippen molar-refractivity contribution in [1.82, 2.24) is 0 Å². The second-order valence-electron chi connectivity index (χ2n) is 10.7. The van der Waals surface area contributed by atoms with Crippen LogP contribution in [0.1, 0.15) is 71.6 Å². The SMILES string of the molecule is C=C1/C(=C\C=C2/CCC[C@@]3(C)C2CCC3[C@H](C)/C=C/[C@H](O)C2CC2)C[C@@H](O)C[C@@H]1O. The van der Waals surface area contributed by atoms with Crippen molar-refractivity contribution >= 4 is 0 Å². The summed E-state index contributed by atoms with van der Waals surface area (Å²) in [5, 5.41) is 30.4. The molecule has 0 heterocycles. The number of aliphatic hydroxyl groups excluding tert-OH is 3. The van der Waals surface area contributed by atoms with Crippen molar-refractivity contribution in [3.63, 3.8) is 0 Å². The van der Waals surface area contributed by atoms with Crippen LogP contribution in [0.2, 0.25) is 0 Å². The molecule has 4 saturated carbocycles. The van der Waals surface area contributed by atoms with Crippen LogP contribution >= 0.6 is 0 Å². The van der Waals surface area contributed by atoms with Crippen LogP contribution in [0.15, 0.2) is 47.6 Å². The fourth-order valence-electron chi connectivity index (χ4n) is 6.63. The minimum atomic E-state index is -0.621. The Balaban J connectivity index is 1.48. The van der Waals surface area contributed by atoms with Gasteiger partial charge in [0.15, 0.2) is 0 Å². The Kier molecular flexibility index (Phi) is 6.44. The third-order valence-electron chi connectivity index (χ3n) is 8.65. The second kappa shape index (κ2) is 8.76. The molecule has 0 aromatic carbocycles. The van der Waals surface area contributed by atoms with E-state index in [0.29, 0.717) is 41.9 Å². The average molecular weight is 413 g/mol. The van der Waals surface area contributed by atoms with E-state index in [1.807, 2.05) is 0 Å². The number of allylic oxidation sites excluding steroid dienone is 4. The van der Waals surface area contributed by atoms with E-state index in [2.05, 4.69) is 44.7 Å². The van der Waals surface area contributed by atoms with Gasteiger partial charge < -0.3 is 15.3 Å². The molecule has 7 atom stereocenters. The van der Waals surface area contributed by atoms with E-state index in [-0.39, 0.29) is 6.10 Å². The zero-order chi connectivity index (χ0) is 21.5. The van der Waals surface area contributed by atoms with Crippen molar-refractivity contribution in [3.8, 4) is 0 Å². The van der Waals surface area contributed by atoms with Gasteiger partial charge in [-0.1, -0.05) is 50.3 Å². The van der Waals surface area contributed by atoms with E-state index < -0.39 is 12.2 Å². The lowest BCUT2D eigenvalue weighted by Crippen LogP contribution is -2.35. The summed E-state index contributed by atoms with van der Waals surface area (Å²) < 4.78 is 0. The highest BCUT2D eigenvalue weighted by Gasteiger charge is 2.50. The smallest absolute Gasteiger partial charge is 0.0811 e. The van der Waals surface area contributed by atoms with Crippen LogP contribution in [0.3, 0.4) is 0 Å².